The molecule has 1 fully saturated rings. The molecule has 33 heavy (non-hydrogen) atoms. The molecule has 1 amide bonds. The summed E-state index contributed by atoms with van der Waals surface area (Å²) in [5.74, 6) is 1.87. The summed E-state index contributed by atoms with van der Waals surface area (Å²) in [6.07, 6.45) is 4.86. The molecule has 170 valence electrons. The van der Waals surface area contributed by atoms with Crippen LogP contribution in [-0.4, -0.2) is 68.5 Å². The number of aryl methyl sites for hydroxylation is 1. The molecule has 0 bridgehead atoms. The summed E-state index contributed by atoms with van der Waals surface area (Å²) in [6, 6.07) is 13.5. The number of amides is 1. The molecule has 0 radical (unpaired) electrons. The van der Waals surface area contributed by atoms with Gasteiger partial charge in [-0.25, -0.2) is 4.98 Å². The lowest BCUT2D eigenvalue weighted by atomic mass is 10.2. The van der Waals surface area contributed by atoms with Crippen molar-refractivity contribution in [3.63, 3.8) is 0 Å². The minimum atomic E-state index is 0.117. The van der Waals surface area contributed by atoms with Gasteiger partial charge >= 0.3 is 0 Å². The number of benzene rings is 1. The number of carbonyl (C=O) groups is 1. The molecule has 4 heterocycles. The van der Waals surface area contributed by atoms with Crippen LogP contribution in [0.2, 0.25) is 0 Å². The van der Waals surface area contributed by atoms with E-state index in [0.717, 1.165) is 42.3 Å². The van der Waals surface area contributed by atoms with Crippen molar-refractivity contribution in [1.82, 2.24) is 29.3 Å². The predicted octanol–water partition coefficient (Wildman–Crippen LogP) is 2.67. The molecule has 0 spiro atoms. The van der Waals surface area contributed by atoms with Crippen molar-refractivity contribution in [3.8, 4) is 17.1 Å². The zero-order valence-electron chi connectivity index (χ0n) is 18.6. The van der Waals surface area contributed by atoms with E-state index in [2.05, 4.69) is 26.2 Å². The third kappa shape index (κ3) is 4.88. The first-order valence-corrected chi connectivity index (χ1v) is 11.1. The summed E-state index contributed by atoms with van der Waals surface area (Å²) < 4.78 is 12.5. The lowest BCUT2D eigenvalue weighted by Crippen LogP contribution is -2.48. The van der Waals surface area contributed by atoms with Gasteiger partial charge in [0.05, 0.1) is 12.8 Å². The first-order valence-electron chi connectivity index (χ1n) is 11.1. The second kappa shape index (κ2) is 9.41. The van der Waals surface area contributed by atoms with E-state index < -0.39 is 0 Å². The summed E-state index contributed by atoms with van der Waals surface area (Å²) in [6.45, 7) is 3.89. The number of rotatable bonds is 7. The molecular weight excluding hydrogens is 420 g/mol. The molecule has 3 aromatic heterocycles. The van der Waals surface area contributed by atoms with Crippen LogP contribution >= 0.6 is 0 Å². The van der Waals surface area contributed by atoms with E-state index in [9.17, 15) is 4.79 Å². The van der Waals surface area contributed by atoms with E-state index >= 15 is 0 Å². The lowest BCUT2D eigenvalue weighted by molar-refractivity contribution is -0.133. The highest BCUT2D eigenvalue weighted by atomic mass is 16.5. The molecule has 9 heteroatoms. The quantitative estimate of drug-likeness (QED) is 0.431. The number of ether oxygens (including phenoxy) is 1. The molecule has 1 aliphatic heterocycles. The first-order chi connectivity index (χ1) is 16.2. The zero-order valence-corrected chi connectivity index (χ0v) is 18.6. The summed E-state index contributed by atoms with van der Waals surface area (Å²) >= 11 is 0. The number of pyridine rings is 1. The number of piperazine rings is 1. The molecule has 0 N–H and O–H groups in total. The van der Waals surface area contributed by atoms with Gasteiger partial charge in [0.1, 0.15) is 11.4 Å². The number of hydrogen-bond donors (Lipinski definition) is 0. The van der Waals surface area contributed by atoms with Gasteiger partial charge in [0.15, 0.2) is 0 Å². The number of hydrogen-bond acceptors (Lipinski definition) is 7. The standard InChI is InChI=1S/C24H26N6O3/c1-32-20-7-5-18(6-8-20)24-26-22(33-27-24)9-10-23(31)29-14-12-28(13-15-29)16-19-17-30-11-3-2-4-21(30)25-19/h2-8,11,17H,9-10,12-16H2,1H3. The van der Waals surface area contributed by atoms with Gasteiger partial charge in [-0.2, -0.15) is 4.98 Å². The number of imidazole rings is 1. The second-order valence-electron chi connectivity index (χ2n) is 8.10. The van der Waals surface area contributed by atoms with E-state index in [0.29, 0.717) is 37.6 Å². The largest absolute Gasteiger partial charge is 0.497 e. The van der Waals surface area contributed by atoms with E-state index in [1.807, 2.05) is 58.0 Å². The predicted molar refractivity (Wildman–Crippen MR) is 122 cm³/mol. The summed E-state index contributed by atoms with van der Waals surface area (Å²) in [7, 11) is 1.62. The molecule has 1 aliphatic rings. The average Bonchev–Trinajstić information content (AvgIpc) is 3.50. The lowest BCUT2D eigenvalue weighted by Gasteiger charge is -2.34. The molecule has 9 nitrogen and oxygen atoms in total. The van der Waals surface area contributed by atoms with Crippen LogP contribution in [0.4, 0.5) is 0 Å². The number of nitrogens with zero attached hydrogens (tertiary/aromatic N) is 6. The number of aromatic nitrogens is 4. The summed E-state index contributed by atoms with van der Waals surface area (Å²) in [4.78, 5) is 26.0. The van der Waals surface area contributed by atoms with Gasteiger partial charge in [0.25, 0.3) is 0 Å². The van der Waals surface area contributed by atoms with Crippen LogP contribution in [0, 0.1) is 0 Å². The van der Waals surface area contributed by atoms with Crippen molar-refractivity contribution in [1.29, 1.82) is 0 Å². The topological polar surface area (TPSA) is 89.0 Å². The highest BCUT2D eigenvalue weighted by Crippen LogP contribution is 2.20. The van der Waals surface area contributed by atoms with Gasteiger partial charge < -0.3 is 18.6 Å². The molecule has 0 unspecified atom stereocenters. The molecule has 0 aliphatic carbocycles. The van der Waals surface area contributed by atoms with Gasteiger partial charge in [-0.3, -0.25) is 9.69 Å². The van der Waals surface area contributed by atoms with Crippen LogP contribution in [0.15, 0.2) is 59.4 Å². The monoisotopic (exact) mass is 446 g/mol. The third-order valence-corrected chi connectivity index (χ3v) is 5.89. The Morgan fingerprint density at radius 2 is 1.88 bits per heavy atom. The summed E-state index contributed by atoms with van der Waals surface area (Å²) in [5, 5.41) is 4.03. The average molecular weight is 447 g/mol. The minimum absolute atomic E-state index is 0.117. The highest BCUT2D eigenvalue weighted by Gasteiger charge is 2.22. The van der Waals surface area contributed by atoms with Gasteiger partial charge in [0, 0.05) is 63.5 Å². The minimum Gasteiger partial charge on any atom is -0.497 e. The maximum atomic E-state index is 12.7. The Bertz CT molecular complexity index is 1190. The fourth-order valence-electron chi connectivity index (χ4n) is 4.03. The van der Waals surface area contributed by atoms with Gasteiger partial charge in [-0.05, 0) is 36.4 Å². The molecule has 1 aromatic carbocycles. The van der Waals surface area contributed by atoms with E-state index in [1.165, 1.54) is 0 Å². The third-order valence-electron chi connectivity index (χ3n) is 5.89. The smallest absolute Gasteiger partial charge is 0.227 e. The van der Waals surface area contributed by atoms with Crippen molar-refractivity contribution in [3.05, 3.63) is 66.4 Å². The van der Waals surface area contributed by atoms with Crippen molar-refractivity contribution < 1.29 is 14.1 Å². The molecule has 0 saturated carbocycles. The fraction of sp³-hybridized carbons (Fsp3) is 0.333. The summed E-state index contributed by atoms with van der Waals surface area (Å²) in [5.41, 5.74) is 2.85. The highest BCUT2D eigenvalue weighted by molar-refractivity contribution is 5.76. The molecule has 5 rings (SSSR count). The van der Waals surface area contributed by atoms with Gasteiger partial charge in [-0.15, -0.1) is 0 Å². The molecule has 4 aromatic rings. The Morgan fingerprint density at radius 1 is 1.06 bits per heavy atom. The molecule has 1 saturated heterocycles. The van der Waals surface area contributed by atoms with E-state index in [1.54, 1.807) is 7.11 Å². The SMILES string of the molecule is COc1ccc(-c2noc(CCC(=O)N3CCN(Cc4cn5ccccc5n4)CC3)n2)cc1. The first kappa shape index (κ1) is 21.1. The van der Waals surface area contributed by atoms with Crippen molar-refractivity contribution in [2.45, 2.75) is 19.4 Å². The van der Waals surface area contributed by atoms with Crippen molar-refractivity contribution >= 4 is 11.6 Å². The van der Waals surface area contributed by atoms with Crippen LogP contribution in [0.1, 0.15) is 18.0 Å². The van der Waals surface area contributed by atoms with Gasteiger partial charge in [0.2, 0.25) is 17.6 Å². The second-order valence-corrected chi connectivity index (χ2v) is 8.10. The van der Waals surface area contributed by atoms with Crippen LogP contribution in [0.25, 0.3) is 17.0 Å². The van der Waals surface area contributed by atoms with Crippen LogP contribution in [0.3, 0.4) is 0 Å². The van der Waals surface area contributed by atoms with Crippen LogP contribution in [0.5, 0.6) is 5.75 Å². The molecular formula is C24H26N6O3. The zero-order chi connectivity index (χ0) is 22.6. The van der Waals surface area contributed by atoms with Crippen molar-refractivity contribution in [2.24, 2.45) is 0 Å². The molecule has 0 atom stereocenters. The maximum absolute atomic E-state index is 12.7. The van der Waals surface area contributed by atoms with Gasteiger partial charge in [-0.1, -0.05) is 11.2 Å². The van der Waals surface area contributed by atoms with Crippen LogP contribution < -0.4 is 4.74 Å². The Kier molecular flexibility index (Phi) is 6.03. The fourth-order valence-corrected chi connectivity index (χ4v) is 4.03. The van der Waals surface area contributed by atoms with E-state index in [-0.39, 0.29) is 5.91 Å². The number of fused-ring (bicyclic) bond motifs is 1. The van der Waals surface area contributed by atoms with E-state index in [4.69, 9.17) is 9.26 Å². The van der Waals surface area contributed by atoms with Crippen LogP contribution in [-0.2, 0) is 17.8 Å². The number of carbonyl (C=O) groups excluding carboxylic acids is 1. The number of methoxy groups -OCH3 is 1. The van der Waals surface area contributed by atoms with Crippen molar-refractivity contribution in [2.75, 3.05) is 33.3 Å². The Hall–Kier alpha value is -3.72. The Labute approximate surface area is 191 Å². The maximum Gasteiger partial charge on any atom is 0.227 e. The normalized spacial score (nSPS) is 14.6. The Balaban J connectivity index is 1.09. The Morgan fingerprint density at radius 3 is 2.64 bits per heavy atom.